The third-order valence-electron chi connectivity index (χ3n) is 3.14. The zero-order chi connectivity index (χ0) is 17.4. The maximum atomic E-state index is 11.8. The number of esters is 1. The molecule has 0 radical (unpaired) electrons. The number of ether oxygens (including phenoxy) is 2. The molecule has 0 aromatic heterocycles. The zero-order valence-electron chi connectivity index (χ0n) is 13.3. The van der Waals surface area contributed by atoms with E-state index in [0.29, 0.717) is 29.5 Å². The van der Waals surface area contributed by atoms with Crippen LogP contribution in [-0.2, 0) is 16.1 Å². The van der Waals surface area contributed by atoms with Crippen LogP contribution in [0.1, 0.15) is 22.8 Å². The molecule has 0 saturated carbocycles. The van der Waals surface area contributed by atoms with E-state index in [-0.39, 0.29) is 18.5 Å². The minimum atomic E-state index is -0.384. The van der Waals surface area contributed by atoms with Crippen LogP contribution in [0.4, 0.5) is 0 Å². The number of rotatable bonds is 7. The van der Waals surface area contributed by atoms with E-state index < -0.39 is 0 Å². The van der Waals surface area contributed by atoms with Crippen molar-refractivity contribution in [1.82, 2.24) is 5.32 Å². The van der Waals surface area contributed by atoms with Crippen LogP contribution in [0.3, 0.4) is 0 Å². The van der Waals surface area contributed by atoms with Crippen molar-refractivity contribution in [3.63, 3.8) is 0 Å². The fraction of sp³-hybridized carbons (Fsp3) is 0.222. The Hall–Kier alpha value is -2.53. The van der Waals surface area contributed by atoms with Gasteiger partial charge in [-0.3, -0.25) is 4.79 Å². The molecule has 2 aromatic carbocycles. The SMILES string of the molecule is CCOC(=O)c1ccc(OCC(=O)NCc2ccc(Cl)cc2)cc1. The van der Waals surface area contributed by atoms with Crippen molar-refractivity contribution in [3.8, 4) is 5.75 Å². The highest BCUT2D eigenvalue weighted by Gasteiger charge is 2.07. The van der Waals surface area contributed by atoms with Gasteiger partial charge in [0.05, 0.1) is 12.2 Å². The van der Waals surface area contributed by atoms with Gasteiger partial charge in [0.2, 0.25) is 0 Å². The van der Waals surface area contributed by atoms with E-state index in [1.165, 1.54) is 0 Å². The standard InChI is InChI=1S/C18H18ClNO4/c1-2-23-18(22)14-5-9-16(10-6-14)24-12-17(21)20-11-13-3-7-15(19)8-4-13/h3-10H,2,11-12H2,1H3,(H,20,21). The lowest BCUT2D eigenvalue weighted by molar-refractivity contribution is -0.123. The van der Waals surface area contributed by atoms with Gasteiger partial charge in [0.15, 0.2) is 6.61 Å². The van der Waals surface area contributed by atoms with E-state index >= 15 is 0 Å². The van der Waals surface area contributed by atoms with Crippen molar-refractivity contribution < 1.29 is 19.1 Å². The molecule has 0 aliphatic heterocycles. The maximum Gasteiger partial charge on any atom is 0.338 e. The first-order chi connectivity index (χ1) is 11.6. The first-order valence-electron chi connectivity index (χ1n) is 7.49. The molecule has 0 spiro atoms. The highest BCUT2D eigenvalue weighted by molar-refractivity contribution is 6.30. The van der Waals surface area contributed by atoms with Crippen molar-refractivity contribution >= 4 is 23.5 Å². The van der Waals surface area contributed by atoms with Gasteiger partial charge in [0.1, 0.15) is 5.75 Å². The first kappa shape index (κ1) is 17.8. The lowest BCUT2D eigenvalue weighted by atomic mass is 10.2. The lowest BCUT2D eigenvalue weighted by Crippen LogP contribution is -2.28. The Morgan fingerprint density at radius 2 is 1.71 bits per heavy atom. The van der Waals surface area contributed by atoms with Crippen LogP contribution in [0.25, 0.3) is 0 Å². The summed E-state index contributed by atoms with van der Waals surface area (Å²) in [6.07, 6.45) is 0. The van der Waals surface area contributed by atoms with Gasteiger partial charge in [-0.15, -0.1) is 0 Å². The Kier molecular flexibility index (Phi) is 6.63. The molecule has 2 rings (SSSR count). The molecule has 0 saturated heterocycles. The molecule has 0 fully saturated rings. The van der Waals surface area contributed by atoms with E-state index in [9.17, 15) is 9.59 Å². The van der Waals surface area contributed by atoms with Gasteiger partial charge in [-0.1, -0.05) is 23.7 Å². The molecule has 24 heavy (non-hydrogen) atoms. The second kappa shape index (κ2) is 8.93. The fourth-order valence-electron chi connectivity index (χ4n) is 1.90. The molecule has 0 heterocycles. The molecule has 0 unspecified atom stereocenters. The Labute approximate surface area is 145 Å². The molecule has 2 aromatic rings. The molecule has 1 N–H and O–H groups in total. The predicted molar refractivity (Wildman–Crippen MR) is 91.2 cm³/mol. The van der Waals surface area contributed by atoms with E-state index in [1.54, 1.807) is 43.3 Å². The van der Waals surface area contributed by atoms with Gasteiger partial charge in [0.25, 0.3) is 5.91 Å². The van der Waals surface area contributed by atoms with Crippen molar-refractivity contribution in [2.24, 2.45) is 0 Å². The Bertz CT molecular complexity index is 683. The van der Waals surface area contributed by atoms with E-state index in [1.807, 2.05) is 12.1 Å². The topological polar surface area (TPSA) is 64.6 Å². The van der Waals surface area contributed by atoms with Crippen LogP contribution in [0.2, 0.25) is 5.02 Å². The minimum Gasteiger partial charge on any atom is -0.484 e. The van der Waals surface area contributed by atoms with E-state index in [2.05, 4.69) is 5.32 Å². The third kappa shape index (κ3) is 5.59. The molecule has 126 valence electrons. The average Bonchev–Trinajstić information content (AvgIpc) is 2.60. The van der Waals surface area contributed by atoms with E-state index in [0.717, 1.165) is 5.56 Å². The van der Waals surface area contributed by atoms with Gasteiger partial charge in [0, 0.05) is 11.6 Å². The number of nitrogens with one attached hydrogen (secondary N) is 1. The van der Waals surface area contributed by atoms with Crippen molar-refractivity contribution in [2.45, 2.75) is 13.5 Å². The molecular formula is C18H18ClNO4. The van der Waals surface area contributed by atoms with Crippen LogP contribution in [0, 0.1) is 0 Å². The normalized spacial score (nSPS) is 10.1. The van der Waals surface area contributed by atoms with Gasteiger partial charge in [-0.05, 0) is 48.9 Å². The fourth-order valence-corrected chi connectivity index (χ4v) is 2.03. The summed E-state index contributed by atoms with van der Waals surface area (Å²) in [5.74, 6) is -0.117. The second-order valence-corrected chi connectivity index (χ2v) is 5.37. The summed E-state index contributed by atoms with van der Waals surface area (Å²) < 4.78 is 10.3. The zero-order valence-corrected chi connectivity index (χ0v) is 14.0. The summed E-state index contributed by atoms with van der Waals surface area (Å²) in [5.41, 5.74) is 1.39. The number of halogens is 1. The summed E-state index contributed by atoms with van der Waals surface area (Å²) in [6, 6.07) is 13.7. The summed E-state index contributed by atoms with van der Waals surface area (Å²) in [7, 11) is 0. The molecule has 5 nitrogen and oxygen atoms in total. The lowest BCUT2D eigenvalue weighted by Gasteiger charge is -2.08. The van der Waals surface area contributed by atoms with Crippen molar-refractivity contribution in [3.05, 3.63) is 64.7 Å². The number of carbonyl (C=O) groups is 2. The van der Waals surface area contributed by atoms with Crippen LogP contribution in [-0.4, -0.2) is 25.1 Å². The smallest absolute Gasteiger partial charge is 0.338 e. The Morgan fingerprint density at radius 1 is 1.04 bits per heavy atom. The number of benzene rings is 2. The van der Waals surface area contributed by atoms with Crippen molar-refractivity contribution in [2.75, 3.05) is 13.2 Å². The maximum absolute atomic E-state index is 11.8. The van der Waals surface area contributed by atoms with Crippen LogP contribution >= 0.6 is 11.6 Å². The molecule has 0 aliphatic rings. The molecule has 0 atom stereocenters. The number of hydrogen-bond acceptors (Lipinski definition) is 4. The summed E-state index contributed by atoms with van der Waals surface area (Å²) >= 11 is 5.80. The van der Waals surface area contributed by atoms with Gasteiger partial charge in [-0.25, -0.2) is 4.79 Å². The highest BCUT2D eigenvalue weighted by atomic mass is 35.5. The summed E-state index contributed by atoms with van der Waals surface area (Å²) in [5, 5.41) is 3.41. The van der Waals surface area contributed by atoms with Crippen LogP contribution in [0.15, 0.2) is 48.5 Å². The highest BCUT2D eigenvalue weighted by Crippen LogP contribution is 2.13. The van der Waals surface area contributed by atoms with Gasteiger partial charge < -0.3 is 14.8 Å². The summed E-state index contributed by atoms with van der Waals surface area (Å²) in [6.45, 7) is 2.37. The van der Waals surface area contributed by atoms with Gasteiger partial charge >= 0.3 is 5.97 Å². The van der Waals surface area contributed by atoms with E-state index in [4.69, 9.17) is 21.1 Å². The Morgan fingerprint density at radius 3 is 2.33 bits per heavy atom. The first-order valence-corrected chi connectivity index (χ1v) is 7.87. The van der Waals surface area contributed by atoms with Crippen LogP contribution < -0.4 is 10.1 Å². The molecule has 6 heteroatoms. The largest absolute Gasteiger partial charge is 0.484 e. The van der Waals surface area contributed by atoms with Crippen LogP contribution in [0.5, 0.6) is 5.75 Å². The third-order valence-corrected chi connectivity index (χ3v) is 3.39. The van der Waals surface area contributed by atoms with Crippen molar-refractivity contribution in [1.29, 1.82) is 0 Å². The average molecular weight is 348 g/mol. The van der Waals surface area contributed by atoms with Gasteiger partial charge in [-0.2, -0.15) is 0 Å². The monoisotopic (exact) mass is 347 g/mol. The second-order valence-electron chi connectivity index (χ2n) is 4.94. The number of hydrogen-bond donors (Lipinski definition) is 1. The quantitative estimate of drug-likeness (QED) is 0.781. The molecule has 0 aliphatic carbocycles. The summed E-state index contributed by atoms with van der Waals surface area (Å²) in [4.78, 5) is 23.3. The number of amides is 1. The number of carbonyl (C=O) groups excluding carboxylic acids is 2. The minimum absolute atomic E-state index is 0.105. The molecule has 0 bridgehead atoms. The molecule has 1 amide bonds. The Balaban J connectivity index is 1.77. The molecular weight excluding hydrogens is 330 g/mol. The predicted octanol–water partition coefficient (Wildman–Crippen LogP) is 3.21.